The molecule has 0 aromatic rings. The van der Waals surface area contributed by atoms with Crippen LogP contribution in [0.15, 0.2) is 9.89 Å². The van der Waals surface area contributed by atoms with Crippen molar-refractivity contribution in [3.8, 4) is 0 Å². The fourth-order valence-corrected chi connectivity index (χ4v) is 2.38. The van der Waals surface area contributed by atoms with Gasteiger partial charge >= 0.3 is 0 Å². The van der Waals surface area contributed by atoms with Crippen molar-refractivity contribution < 1.29 is 0 Å². The molecule has 0 aliphatic heterocycles. The quantitative estimate of drug-likeness (QED) is 0.534. The lowest BCUT2D eigenvalue weighted by atomic mass is 10.2. The van der Waals surface area contributed by atoms with E-state index in [1.165, 1.54) is 48.8 Å². The van der Waals surface area contributed by atoms with Crippen LogP contribution < -0.4 is 0 Å². The SMILES string of the molecule is CCCCCC/C(Br)=C\SCCC. The Hall–Kier alpha value is 0.570. The van der Waals surface area contributed by atoms with Crippen molar-refractivity contribution in [1.82, 2.24) is 0 Å². The van der Waals surface area contributed by atoms with Crippen molar-refractivity contribution in [2.24, 2.45) is 0 Å². The first-order chi connectivity index (χ1) is 6.31. The molecule has 0 radical (unpaired) electrons. The Kier molecular flexibility index (Phi) is 11.1. The maximum Gasteiger partial charge on any atom is 0.00135 e. The molecule has 0 N–H and O–H groups in total. The first kappa shape index (κ1) is 13.6. The summed E-state index contributed by atoms with van der Waals surface area (Å²) in [6.07, 6.45) is 7.89. The van der Waals surface area contributed by atoms with E-state index in [9.17, 15) is 0 Å². The second kappa shape index (κ2) is 10.6. The summed E-state index contributed by atoms with van der Waals surface area (Å²) in [4.78, 5) is 0. The molecule has 0 aromatic heterocycles. The standard InChI is InChI=1S/C11H21BrS/c1-3-5-6-7-8-11(12)10-13-9-4-2/h10H,3-9H2,1-2H3/b11-10+. The van der Waals surface area contributed by atoms with Crippen molar-refractivity contribution in [3.05, 3.63) is 9.89 Å². The highest BCUT2D eigenvalue weighted by atomic mass is 79.9. The lowest BCUT2D eigenvalue weighted by molar-refractivity contribution is 0.673. The highest BCUT2D eigenvalue weighted by Gasteiger charge is 1.92. The third-order valence-electron chi connectivity index (χ3n) is 1.80. The largest absolute Gasteiger partial charge is 0.133 e. The van der Waals surface area contributed by atoms with Gasteiger partial charge in [0.1, 0.15) is 0 Å². The Balaban J connectivity index is 3.27. The lowest BCUT2D eigenvalue weighted by Gasteiger charge is -1.99. The van der Waals surface area contributed by atoms with E-state index in [1.54, 1.807) is 0 Å². The zero-order valence-corrected chi connectivity index (χ0v) is 11.2. The highest BCUT2D eigenvalue weighted by Crippen LogP contribution is 2.19. The van der Waals surface area contributed by atoms with Gasteiger partial charge in [0.05, 0.1) is 0 Å². The summed E-state index contributed by atoms with van der Waals surface area (Å²) in [6.45, 7) is 4.47. The van der Waals surface area contributed by atoms with E-state index in [2.05, 4.69) is 35.2 Å². The highest BCUT2D eigenvalue weighted by molar-refractivity contribution is 9.11. The van der Waals surface area contributed by atoms with Crippen LogP contribution in [0.25, 0.3) is 0 Å². The van der Waals surface area contributed by atoms with Crippen LogP contribution in [0.2, 0.25) is 0 Å². The van der Waals surface area contributed by atoms with Crippen LogP contribution in [0.3, 0.4) is 0 Å². The van der Waals surface area contributed by atoms with Crippen LogP contribution in [0.5, 0.6) is 0 Å². The third-order valence-corrected chi connectivity index (χ3v) is 3.83. The molecule has 0 saturated carbocycles. The van der Waals surface area contributed by atoms with Crippen molar-refractivity contribution in [2.75, 3.05) is 5.75 Å². The third kappa shape index (κ3) is 10.5. The molecule has 0 nitrogen and oxygen atoms in total. The summed E-state index contributed by atoms with van der Waals surface area (Å²) in [5.74, 6) is 1.24. The van der Waals surface area contributed by atoms with Crippen molar-refractivity contribution in [1.29, 1.82) is 0 Å². The number of allylic oxidation sites excluding steroid dienone is 1. The summed E-state index contributed by atoms with van der Waals surface area (Å²) in [5.41, 5.74) is 0. The van der Waals surface area contributed by atoms with Gasteiger partial charge in [0, 0.05) is 4.48 Å². The smallest absolute Gasteiger partial charge is 0.00135 e. The fourth-order valence-electron chi connectivity index (χ4n) is 1.05. The summed E-state index contributed by atoms with van der Waals surface area (Å²) in [7, 11) is 0. The number of hydrogen-bond donors (Lipinski definition) is 0. The molecule has 0 unspecified atom stereocenters. The molecule has 13 heavy (non-hydrogen) atoms. The minimum absolute atomic E-state index is 1.22. The van der Waals surface area contributed by atoms with Gasteiger partial charge in [-0.05, 0) is 30.4 Å². The molecule has 0 aliphatic carbocycles. The van der Waals surface area contributed by atoms with Crippen molar-refractivity contribution in [2.45, 2.75) is 52.4 Å². The second-order valence-electron chi connectivity index (χ2n) is 3.25. The van der Waals surface area contributed by atoms with Crippen LogP contribution in [0, 0.1) is 0 Å². The fraction of sp³-hybridized carbons (Fsp3) is 0.818. The van der Waals surface area contributed by atoms with E-state index < -0.39 is 0 Å². The van der Waals surface area contributed by atoms with Gasteiger partial charge in [0.15, 0.2) is 0 Å². The van der Waals surface area contributed by atoms with Gasteiger partial charge in [0.25, 0.3) is 0 Å². The molecule has 0 fully saturated rings. The second-order valence-corrected chi connectivity index (χ2v) is 5.24. The number of hydrogen-bond acceptors (Lipinski definition) is 1. The summed E-state index contributed by atoms with van der Waals surface area (Å²) in [5, 5.41) is 2.26. The van der Waals surface area contributed by atoms with Crippen molar-refractivity contribution in [3.63, 3.8) is 0 Å². The van der Waals surface area contributed by atoms with E-state index in [-0.39, 0.29) is 0 Å². The van der Waals surface area contributed by atoms with E-state index in [0.29, 0.717) is 0 Å². The van der Waals surface area contributed by atoms with E-state index in [1.807, 2.05) is 11.8 Å². The summed E-state index contributed by atoms with van der Waals surface area (Å²) < 4.78 is 1.38. The molecule has 78 valence electrons. The molecule has 0 aromatic carbocycles. The Labute approximate surface area is 95.7 Å². The normalized spacial score (nSPS) is 12.1. The maximum atomic E-state index is 3.60. The van der Waals surface area contributed by atoms with Gasteiger partial charge in [-0.1, -0.05) is 49.0 Å². The maximum absolute atomic E-state index is 3.60. The van der Waals surface area contributed by atoms with Crippen LogP contribution >= 0.6 is 27.7 Å². The first-order valence-corrected chi connectivity index (χ1v) is 7.11. The molecule has 0 saturated heterocycles. The van der Waals surface area contributed by atoms with Crippen LogP contribution in [-0.4, -0.2) is 5.75 Å². The molecule has 0 atom stereocenters. The minimum Gasteiger partial charge on any atom is -0.133 e. The predicted octanol–water partition coefficient (Wildman–Crippen LogP) is 5.34. The topological polar surface area (TPSA) is 0 Å². The number of thioether (sulfide) groups is 1. The van der Waals surface area contributed by atoms with Gasteiger partial charge in [-0.2, -0.15) is 0 Å². The van der Waals surface area contributed by atoms with E-state index in [0.717, 1.165) is 0 Å². The Morgan fingerprint density at radius 3 is 2.54 bits per heavy atom. The summed E-state index contributed by atoms with van der Waals surface area (Å²) in [6, 6.07) is 0. The predicted molar refractivity (Wildman–Crippen MR) is 68.5 cm³/mol. The molecule has 2 heteroatoms. The lowest BCUT2D eigenvalue weighted by Crippen LogP contribution is -1.77. The molecule has 0 spiro atoms. The molecule has 0 amide bonds. The van der Waals surface area contributed by atoms with Crippen LogP contribution in [0.1, 0.15) is 52.4 Å². The molecular weight excluding hydrogens is 244 g/mol. The van der Waals surface area contributed by atoms with Gasteiger partial charge in [-0.15, -0.1) is 11.8 Å². The zero-order chi connectivity index (χ0) is 9.94. The summed E-state index contributed by atoms with van der Waals surface area (Å²) >= 11 is 5.52. The minimum atomic E-state index is 1.22. The van der Waals surface area contributed by atoms with Gasteiger partial charge < -0.3 is 0 Å². The number of rotatable bonds is 8. The van der Waals surface area contributed by atoms with Gasteiger partial charge in [0.2, 0.25) is 0 Å². The molecule has 0 aliphatic rings. The average molecular weight is 265 g/mol. The average Bonchev–Trinajstić information content (AvgIpc) is 2.13. The van der Waals surface area contributed by atoms with Crippen LogP contribution in [0.4, 0.5) is 0 Å². The zero-order valence-electron chi connectivity index (χ0n) is 8.81. The first-order valence-electron chi connectivity index (χ1n) is 5.27. The van der Waals surface area contributed by atoms with Crippen LogP contribution in [-0.2, 0) is 0 Å². The van der Waals surface area contributed by atoms with E-state index >= 15 is 0 Å². The molecule has 0 rings (SSSR count). The monoisotopic (exact) mass is 264 g/mol. The Morgan fingerprint density at radius 1 is 1.15 bits per heavy atom. The molecular formula is C11H21BrS. The molecule has 0 heterocycles. The Bertz CT molecular complexity index is 132. The molecule has 0 bridgehead atoms. The van der Waals surface area contributed by atoms with Gasteiger partial charge in [-0.25, -0.2) is 0 Å². The Morgan fingerprint density at radius 2 is 1.92 bits per heavy atom. The number of halogens is 1. The van der Waals surface area contributed by atoms with E-state index in [4.69, 9.17) is 0 Å². The number of unbranched alkanes of at least 4 members (excludes halogenated alkanes) is 3. The van der Waals surface area contributed by atoms with Crippen molar-refractivity contribution >= 4 is 27.7 Å². The van der Waals surface area contributed by atoms with Gasteiger partial charge in [-0.3, -0.25) is 0 Å².